The normalized spacial score (nSPS) is 10.9. The molecule has 2 rings (SSSR count). The fourth-order valence-corrected chi connectivity index (χ4v) is 2.16. The zero-order valence-electron chi connectivity index (χ0n) is 11.2. The van der Waals surface area contributed by atoms with E-state index in [0.717, 1.165) is 11.3 Å². The molecule has 0 aliphatic carbocycles. The molecule has 19 heavy (non-hydrogen) atoms. The third-order valence-corrected chi connectivity index (χ3v) is 3.17. The maximum absolute atomic E-state index is 12.2. The van der Waals surface area contributed by atoms with E-state index < -0.39 is 0 Å². The van der Waals surface area contributed by atoms with Gasteiger partial charge in [-0.25, -0.2) is 4.68 Å². The molecule has 0 aliphatic heterocycles. The van der Waals surface area contributed by atoms with Gasteiger partial charge in [0.15, 0.2) is 0 Å². The second-order valence-electron chi connectivity index (χ2n) is 4.96. The quantitative estimate of drug-likeness (QED) is 0.870. The van der Waals surface area contributed by atoms with Crippen LogP contribution in [0.2, 0.25) is 0 Å². The van der Waals surface area contributed by atoms with E-state index in [0.29, 0.717) is 23.8 Å². The summed E-state index contributed by atoms with van der Waals surface area (Å²) in [6.45, 7) is 4.77. The van der Waals surface area contributed by atoms with Gasteiger partial charge < -0.3 is 0 Å². The average molecular weight is 274 g/mol. The van der Waals surface area contributed by atoms with Crippen molar-refractivity contribution in [3.8, 4) is 11.3 Å². The third kappa shape index (κ3) is 3.26. The minimum atomic E-state index is -0.0385. The molecule has 1 heterocycles. The van der Waals surface area contributed by atoms with Crippen molar-refractivity contribution < 1.29 is 0 Å². The smallest absolute Gasteiger partial charge is 0.267 e. The molecule has 3 nitrogen and oxygen atoms in total. The van der Waals surface area contributed by atoms with Gasteiger partial charge in [-0.1, -0.05) is 44.2 Å². The summed E-state index contributed by atoms with van der Waals surface area (Å²) in [4.78, 5) is 12.2. The van der Waals surface area contributed by atoms with E-state index >= 15 is 0 Å². The van der Waals surface area contributed by atoms with Crippen molar-refractivity contribution in [1.29, 1.82) is 0 Å². The van der Waals surface area contributed by atoms with Gasteiger partial charge in [-0.05, 0) is 12.0 Å². The summed E-state index contributed by atoms with van der Waals surface area (Å²) in [6, 6.07) is 11.7. The molecule has 100 valence electrons. The number of nitrogens with zero attached hydrogens (tertiary/aromatic N) is 2. The molecular weight excluding hydrogens is 256 g/mol. The Balaban J connectivity index is 2.54. The lowest BCUT2D eigenvalue weighted by atomic mass is 10.1. The lowest BCUT2D eigenvalue weighted by molar-refractivity contribution is 0.463. The fourth-order valence-electron chi connectivity index (χ4n) is 1.93. The summed E-state index contributed by atoms with van der Waals surface area (Å²) in [7, 11) is 0. The molecule has 0 N–H and O–H groups in total. The largest absolute Gasteiger partial charge is 0.270 e. The zero-order valence-corrected chi connectivity index (χ0v) is 12.1. The van der Waals surface area contributed by atoms with Gasteiger partial charge in [0.1, 0.15) is 0 Å². The molecule has 2 aromatic rings. The number of benzene rings is 1. The van der Waals surface area contributed by atoms with Crippen LogP contribution in [0.25, 0.3) is 11.3 Å². The van der Waals surface area contributed by atoms with Crippen molar-refractivity contribution in [2.45, 2.75) is 26.1 Å². The van der Waals surface area contributed by atoms with Crippen LogP contribution < -0.4 is 5.56 Å². The zero-order chi connectivity index (χ0) is 13.8. The second kappa shape index (κ2) is 6.06. The van der Waals surface area contributed by atoms with Gasteiger partial charge in [-0.2, -0.15) is 17.7 Å². The highest BCUT2D eigenvalue weighted by molar-refractivity contribution is 7.79. The van der Waals surface area contributed by atoms with Crippen molar-refractivity contribution in [2.24, 2.45) is 5.92 Å². The molecule has 0 aliphatic rings. The molecule has 0 bridgehead atoms. The van der Waals surface area contributed by atoms with Gasteiger partial charge in [0, 0.05) is 23.4 Å². The first-order valence-corrected chi connectivity index (χ1v) is 7.02. The summed E-state index contributed by atoms with van der Waals surface area (Å²) in [5.74, 6) is 0.809. The SMILES string of the molecule is CC(C)Cn1nc(-c2ccccc2)cc(CS)c1=O. The van der Waals surface area contributed by atoms with Crippen molar-refractivity contribution >= 4 is 12.6 Å². The van der Waals surface area contributed by atoms with E-state index in [-0.39, 0.29) is 5.56 Å². The Labute approximate surface area is 118 Å². The van der Waals surface area contributed by atoms with Crippen molar-refractivity contribution in [1.82, 2.24) is 9.78 Å². The Hall–Kier alpha value is -1.55. The molecule has 0 atom stereocenters. The van der Waals surface area contributed by atoms with Crippen LogP contribution in [0, 0.1) is 5.92 Å². The fraction of sp³-hybridized carbons (Fsp3) is 0.333. The molecule has 0 saturated carbocycles. The van der Waals surface area contributed by atoms with Crippen LogP contribution in [-0.4, -0.2) is 9.78 Å². The van der Waals surface area contributed by atoms with Gasteiger partial charge >= 0.3 is 0 Å². The highest BCUT2D eigenvalue weighted by Crippen LogP contribution is 2.16. The van der Waals surface area contributed by atoms with E-state index in [1.165, 1.54) is 0 Å². The molecule has 0 radical (unpaired) electrons. The van der Waals surface area contributed by atoms with Crippen molar-refractivity contribution in [2.75, 3.05) is 0 Å². The van der Waals surface area contributed by atoms with Crippen LogP contribution in [0.5, 0.6) is 0 Å². The molecule has 1 aromatic heterocycles. The van der Waals surface area contributed by atoms with Crippen LogP contribution in [0.15, 0.2) is 41.2 Å². The first-order valence-electron chi connectivity index (χ1n) is 6.39. The Bertz CT molecular complexity index is 605. The van der Waals surface area contributed by atoms with Crippen LogP contribution in [-0.2, 0) is 12.3 Å². The summed E-state index contributed by atoms with van der Waals surface area (Å²) in [6.07, 6.45) is 0. The maximum Gasteiger partial charge on any atom is 0.270 e. The molecule has 0 fully saturated rings. The molecular formula is C15H18N2OS. The molecule has 0 unspecified atom stereocenters. The van der Waals surface area contributed by atoms with E-state index in [4.69, 9.17) is 0 Å². The Morgan fingerprint density at radius 3 is 2.53 bits per heavy atom. The van der Waals surface area contributed by atoms with Gasteiger partial charge in [0.05, 0.1) is 5.69 Å². The van der Waals surface area contributed by atoms with Crippen molar-refractivity contribution in [3.63, 3.8) is 0 Å². The summed E-state index contributed by atoms with van der Waals surface area (Å²) >= 11 is 4.24. The Morgan fingerprint density at radius 2 is 1.95 bits per heavy atom. The Kier molecular flexibility index (Phi) is 4.43. The Morgan fingerprint density at radius 1 is 1.26 bits per heavy atom. The third-order valence-electron chi connectivity index (χ3n) is 2.83. The summed E-state index contributed by atoms with van der Waals surface area (Å²) in [5.41, 5.74) is 2.49. The predicted molar refractivity (Wildman–Crippen MR) is 81.5 cm³/mol. The van der Waals surface area contributed by atoms with Gasteiger partial charge in [-0.3, -0.25) is 4.79 Å². The second-order valence-corrected chi connectivity index (χ2v) is 5.28. The maximum atomic E-state index is 12.2. The number of rotatable bonds is 4. The minimum Gasteiger partial charge on any atom is -0.267 e. The lowest BCUT2D eigenvalue weighted by Crippen LogP contribution is -2.28. The van der Waals surface area contributed by atoms with E-state index in [1.807, 2.05) is 36.4 Å². The van der Waals surface area contributed by atoms with Gasteiger partial charge in [0.25, 0.3) is 5.56 Å². The molecule has 4 heteroatoms. The van der Waals surface area contributed by atoms with E-state index in [1.54, 1.807) is 4.68 Å². The molecule has 0 saturated heterocycles. The molecule has 0 spiro atoms. The van der Waals surface area contributed by atoms with Crippen LogP contribution in [0.4, 0.5) is 0 Å². The first kappa shape index (κ1) is 13.9. The summed E-state index contributed by atoms with van der Waals surface area (Å²) < 4.78 is 1.55. The van der Waals surface area contributed by atoms with Crippen molar-refractivity contribution in [3.05, 3.63) is 52.3 Å². The topological polar surface area (TPSA) is 34.9 Å². The highest BCUT2D eigenvalue weighted by Gasteiger charge is 2.09. The standard InChI is InChI=1S/C15H18N2OS/c1-11(2)9-17-15(18)13(10-19)8-14(16-17)12-6-4-3-5-7-12/h3-8,11,19H,9-10H2,1-2H3. The number of thiol groups is 1. The summed E-state index contributed by atoms with van der Waals surface area (Å²) in [5, 5.41) is 4.46. The molecule has 0 amide bonds. The average Bonchev–Trinajstić information content (AvgIpc) is 2.41. The van der Waals surface area contributed by atoms with E-state index in [9.17, 15) is 4.79 Å². The van der Waals surface area contributed by atoms with Gasteiger partial charge in [-0.15, -0.1) is 0 Å². The van der Waals surface area contributed by atoms with E-state index in [2.05, 4.69) is 31.6 Å². The monoisotopic (exact) mass is 274 g/mol. The highest BCUT2D eigenvalue weighted by atomic mass is 32.1. The predicted octanol–water partition coefficient (Wildman–Crippen LogP) is 3.00. The number of aromatic nitrogens is 2. The number of hydrogen-bond acceptors (Lipinski definition) is 3. The van der Waals surface area contributed by atoms with Crippen LogP contribution in [0.1, 0.15) is 19.4 Å². The first-order chi connectivity index (χ1) is 9.11. The minimum absolute atomic E-state index is 0.0385. The van der Waals surface area contributed by atoms with Gasteiger partial charge in [0.2, 0.25) is 0 Å². The van der Waals surface area contributed by atoms with Crippen LogP contribution in [0.3, 0.4) is 0 Å². The lowest BCUT2D eigenvalue weighted by Gasteiger charge is -2.11. The molecule has 1 aromatic carbocycles. The van der Waals surface area contributed by atoms with Crippen LogP contribution >= 0.6 is 12.6 Å². The number of hydrogen-bond donors (Lipinski definition) is 1.